The topological polar surface area (TPSA) is 122 Å². The zero-order valence-electron chi connectivity index (χ0n) is 16.2. The first-order chi connectivity index (χ1) is 13.4. The van der Waals surface area contributed by atoms with Gasteiger partial charge in [-0.05, 0) is 32.6 Å². The quantitative estimate of drug-likeness (QED) is 0.606. The van der Waals surface area contributed by atoms with Crippen LogP contribution in [0, 0.1) is 19.8 Å². The molecule has 0 saturated heterocycles. The number of aliphatic hydroxyl groups is 1. The summed E-state index contributed by atoms with van der Waals surface area (Å²) in [6.07, 6.45) is 6.87. The third kappa shape index (κ3) is 4.98. The molecule has 1 fully saturated rings. The number of carbonyl (C=O) groups is 2. The summed E-state index contributed by atoms with van der Waals surface area (Å²) in [5.41, 5.74) is 0.522. The second-order valence-corrected chi connectivity index (χ2v) is 7.25. The van der Waals surface area contributed by atoms with Crippen molar-refractivity contribution in [3.05, 3.63) is 36.1 Å². The summed E-state index contributed by atoms with van der Waals surface area (Å²) in [7, 11) is 0. The fraction of sp³-hybridized carbons (Fsp3) is 0.579. The highest BCUT2D eigenvalue weighted by Gasteiger charge is 2.34. The number of aliphatic hydroxyl groups excluding tert-OH is 1. The zero-order valence-corrected chi connectivity index (χ0v) is 16.2. The van der Waals surface area contributed by atoms with Gasteiger partial charge >= 0.3 is 0 Å². The maximum Gasteiger partial charge on any atom is 0.289 e. The van der Waals surface area contributed by atoms with Crippen LogP contribution in [0.1, 0.15) is 47.8 Å². The second-order valence-electron chi connectivity index (χ2n) is 7.25. The van der Waals surface area contributed by atoms with Crippen molar-refractivity contribution in [3.8, 4) is 0 Å². The Hall–Kier alpha value is -2.68. The number of carbonyl (C=O) groups excluding carboxylic acids is 2. The van der Waals surface area contributed by atoms with E-state index in [1.54, 1.807) is 26.4 Å². The molecule has 3 N–H and O–H groups in total. The van der Waals surface area contributed by atoms with E-state index < -0.39 is 12.1 Å². The van der Waals surface area contributed by atoms with Crippen molar-refractivity contribution in [3.63, 3.8) is 0 Å². The molecule has 2 aromatic rings. The van der Waals surface area contributed by atoms with Crippen LogP contribution in [-0.2, 0) is 11.3 Å². The van der Waals surface area contributed by atoms with Gasteiger partial charge < -0.3 is 24.7 Å². The Balaban J connectivity index is 1.42. The summed E-state index contributed by atoms with van der Waals surface area (Å²) in [6.45, 7) is 4.75. The van der Waals surface area contributed by atoms with Gasteiger partial charge in [0.2, 0.25) is 11.7 Å². The van der Waals surface area contributed by atoms with Crippen LogP contribution in [-0.4, -0.2) is 50.1 Å². The smallest absolute Gasteiger partial charge is 0.289 e. The highest BCUT2D eigenvalue weighted by molar-refractivity contribution is 5.92. The third-order valence-electron chi connectivity index (χ3n) is 5.07. The van der Waals surface area contributed by atoms with Crippen molar-refractivity contribution >= 4 is 11.8 Å². The van der Waals surface area contributed by atoms with E-state index in [2.05, 4.69) is 20.6 Å². The van der Waals surface area contributed by atoms with E-state index in [0.29, 0.717) is 37.4 Å². The van der Waals surface area contributed by atoms with E-state index in [-0.39, 0.29) is 23.5 Å². The summed E-state index contributed by atoms with van der Waals surface area (Å²) < 4.78 is 7.28. The summed E-state index contributed by atoms with van der Waals surface area (Å²) in [4.78, 5) is 32.8. The molecule has 0 aromatic carbocycles. The summed E-state index contributed by atoms with van der Waals surface area (Å²) in [5, 5.41) is 16.1. The first-order valence-electron chi connectivity index (χ1n) is 9.60. The molecule has 0 radical (unpaired) electrons. The van der Waals surface area contributed by atoms with Crippen LogP contribution in [0.2, 0.25) is 0 Å². The molecule has 2 heterocycles. The number of hydrogen-bond donors (Lipinski definition) is 3. The van der Waals surface area contributed by atoms with Crippen LogP contribution in [0.15, 0.2) is 23.1 Å². The molecule has 1 aliphatic carbocycles. The van der Waals surface area contributed by atoms with Gasteiger partial charge in [0.05, 0.1) is 24.2 Å². The molecule has 1 saturated carbocycles. The standard InChI is InChI=1S/C19H27N5O4/c1-12-17(28-13(2)22-12)19(27)23-15-5-4-14(10-16(15)25)18(26)21-6-3-8-24-9-7-20-11-24/h7,9,11,14-16,25H,3-6,8,10H2,1-2H3,(H,21,26)(H,23,27)/t14-,15-,16-/m0/s1. The average molecular weight is 389 g/mol. The van der Waals surface area contributed by atoms with Crippen LogP contribution in [0.5, 0.6) is 0 Å². The fourth-order valence-corrected chi connectivity index (χ4v) is 3.57. The first-order valence-corrected chi connectivity index (χ1v) is 9.60. The van der Waals surface area contributed by atoms with Crippen LogP contribution < -0.4 is 10.6 Å². The van der Waals surface area contributed by atoms with Crippen molar-refractivity contribution in [2.75, 3.05) is 6.54 Å². The third-order valence-corrected chi connectivity index (χ3v) is 5.07. The molecule has 0 spiro atoms. The molecule has 2 aromatic heterocycles. The van der Waals surface area contributed by atoms with Gasteiger partial charge in [-0.15, -0.1) is 0 Å². The highest BCUT2D eigenvalue weighted by Crippen LogP contribution is 2.25. The zero-order chi connectivity index (χ0) is 20.1. The van der Waals surface area contributed by atoms with Crippen molar-refractivity contribution in [2.45, 2.75) is 58.2 Å². The van der Waals surface area contributed by atoms with E-state index in [1.807, 2.05) is 10.8 Å². The van der Waals surface area contributed by atoms with Gasteiger partial charge in [-0.25, -0.2) is 9.97 Å². The number of imidazole rings is 1. The molecule has 0 aliphatic heterocycles. The predicted octanol–water partition coefficient (Wildman–Crippen LogP) is 0.954. The Morgan fingerprint density at radius 2 is 2.18 bits per heavy atom. The Labute approximate surface area is 163 Å². The molecule has 3 atom stereocenters. The van der Waals surface area contributed by atoms with Crippen molar-refractivity contribution in [1.29, 1.82) is 0 Å². The molecule has 0 bridgehead atoms. The minimum Gasteiger partial charge on any atom is -0.436 e. The molecule has 3 rings (SSSR count). The lowest BCUT2D eigenvalue weighted by Gasteiger charge is -2.32. The number of hydrogen-bond acceptors (Lipinski definition) is 6. The summed E-state index contributed by atoms with van der Waals surface area (Å²) in [5.74, 6) is -0.0783. The van der Waals surface area contributed by atoms with Gasteiger partial charge in [0, 0.05) is 38.3 Å². The average Bonchev–Trinajstić information content (AvgIpc) is 3.29. The van der Waals surface area contributed by atoms with E-state index in [4.69, 9.17) is 4.42 Å². The Bertz CT molecular complexity index is 801. The molecule has 28 heavy (non-hydrogen) atoms. The van der Waals surface area contributed by atoms with Gasteiger partial charge in [-0.1, -0.05) is 0 Å². The van der Waals surface area contributed by atoms with E-state index in [0.717, 1.165) is 13.0 Å². The maximum atomic E-state index is 12.4. The lowest BCUT2D eigenvalue weighted by Crippen LogP contribution is -2.49. The van der Waals surface area contributed by atoms with Crippen molar-refractivity contribution in [2.24, 2.45) is 5.92 Å². The molecule has 152 valence electrons. The fourth-order valence-electron chi connectivity index (χ4n) is 3.57. The monoisotopic (exact) mass is 389 g/mol. The van der Waals surface area contributed by atoms with Crippen LogP contribution in [0.25, 0.3) is 0 Å². The minimum absolute atomic E-state index is 0.0452. The van der Waals surface area contributed by atoms with Gasteiger partial charge in [0.25, 0.3) is 5.91 Å². The molecular formula is C19H27N5O4. The summed E-state index contributed by atoms with van der Waals surface area (Å²) in [6, 6.07) is -0.400. The van der Waals surface area contributed by atoms with Crippen LogP contribution >= 0.6 is 0 Å². The number of aryl methyl sites for hydroxylation is 3. The van der Waals surface area contributed by atoms with Crippen molar-refractivity contribution in [1.82, 2.24) is 25.2 Å². The molecule has 1 aliphatic rings. The molecule has 0 unspecified atom stereocenters. The molecule has 9 nitrogen and oxygen atoms in total. The highest BCUT2D eigenvalue weighted by atomic mass is 16.4. The Kier molecular flexibility index (Phi) is 6.45. The van der Waals surface area contributed by atoms with E-state index in [9.17, 15) is 14.7 Å². The second kappa shape index (κ2) is 9.01. The Morgan fingerprint density at radius 1 is 1.36 bits per heavy atom. The lowest BCUT2D eigenvalue weighted by molar-refractivity contribution is -0.127. The number of amides is 2. The SMILES string of the molecule is Cc1nc(C)c(C(=O)N[C@H]2CC[C@H](C(=O)NCCCn3ccnc3)C[C@@H]2O)o1. The number of rotatable bonds is 7. The molecule has 2 amide bonds. The van der Waals surface area contributed by atoms with Crippen LogP contribution in [0.4, 0.5) is 0 Å². The van der Waals surface area contributed by atoms with Crippen LogP contribution in [0.3, 0.4) is 0 Å². The predicted molar refractivity (Wildman–Crippen MR) is 100 cm³/mol. The number of nitrogens with one attached hydrogen (secondary N) is 2. The number of oxazole rings is 1. The maximum absolute atomic E-state index is 12.4. The first kappa shape index (κ1) is 20.1. The van der Waals surface area contributed by atoms with Gasteiger partial charge in [0.1, 0.15) is 0 Å². The minimum atomic E-state index is -0.774. The normalized spacial score (nSPS) is 22.0. The lowest BCUT2D eigenvalue weighted by atomic mass is 9.83. The number of nitrogens with zero attached hydrogens (tertiary/aromatic N) is 3. The van der Waals surface area contributed by atoms with Gasteiger partial charge in [-0.2, -0.15) is 0 Å². The summed E-state index contributed by atoms with van der Waals surface area (Å²) >= 11 is 0. The molecular weight excluding hydrogens is 362 g/mol. The molecule has 9 heteroatoms. The van der Waals surface area contributed by atoms with Crippen molar-refractivity contribution < 1.29 is 19.1 Å². The Morgan fingerprint density at radius 3 is 2.82 bits per heavy atom. The van der Waals surface area contributed by atoms with E-state index >= 15 is 0 Å². The largest absolute Gasteiger partial charge is 0.436 e. The van der Waals surface area contributed by atoms with E-state index in [1.165, 1.54) is 0 Å². The van der Waals surface area contributed by atoms with Gasteiger partial charge in [0.15, 0.2) is 5.89 Å². The van der Waals surface area contributed by atoms with Gasteiger partial charge in [-0.3, -0.25) is 9.59 Å². The number of aromatic nitrogens is 3.